The number of nitrogens with one attached hydrogen (secondary N) is 1. The number of hydrogen-bond acceptors (Lipinski definition) is 4. The fraction of sp³-hybridized carbons (Fsp3) is 0.304. The fourth-order valence-electron chi connectivity index (χ4n) is 3.01. The lowest BCUT2D eigenvalue weighted by atomic mass is 10.0. The van der Waals surface area contributed by atoms with Gasteiger partial charge in [0.25, 0.3) is 0 Å². The van der Waals surface area contributed by atoms with Gasteiger partial charge in [0.2, 0.25) is 5.91 Å². The smallest absolute Gasteiger partial charge is 0.228 e. The summed E-state index contributed by atoms with van der Waals surface area (Å²) in [5.74, 6) is -0.0135. The molecule has 0 fully saturated rings. The van der Waals surface area contributed by atoms with Crippen LogP contribution in [0, 0.1) is 29.0 Å². The number of anilines is 1. The molecule has 0 aliphatic rings. The zero-order valence-corrected chi connectivity index (χ0v) is 17.5. The van der Waals surface area contributed by atoms with Crippen molar-refractivity contribution in [2.24, 2.45) is 11.8 Å². The molecule has 30 heavy (non-hydrogen) atoms. The molecule has 0 atom stereocenters. The molecular formula is C23H24FN5O. The number of carbonyl (C=O) groups excluding carboxylic acids is 1. The van der Waals surface area contributed by atoms with Gasteiger partial charge in [-0.05, 0) is 41.8 Å². The maximum absolute atomic E-state index is 13.8. The maximum atomic E-state index is 13.8. The fourth-order valence-corrected chi connectivity index (χ4v) is 3.01. The molecule has 0 radical (unpaired) electrons. The number of amides is 1. The van der Waals surface area contributed by atoms with E-state index in [1.165, 1.54) is 12.1 Å². The summed E-state index contributed by atoms with van der Waals surface area (Å²) < 4.78 is 15.7. The van der Waals surface area contributed by atoms with Gasteiger partial charge in [-0.2, -0.15) is 10.4 Å². The van der Waals surface area contributed by atoms with Crippen LogP contribution in [-0.2, 0) is 11.3 Å². The van der Waals surface area contributed by atoms with Crippen molar-refractivity contribution in [3.63, 3.8) is 0 Å². The third-order valence-electron chi connectivity index (χ3n) is 4.52. The average Bonchev–Trinajstić information content (AvgIpc) is 3.11. The minimum Gasteiger partial charge on any atom is -0.310 e. The van der Waals surface area contributed by atoms with E-state index in [1.807, 2.05) is 36.9 Å². The monoisotopic (exact) mass is 405 g/mol. The van der Waals surface area contributed by atoms with E-state index < -0.39 is 5.82 Å². The Morgan fingerprint density at radius 1 is 1.20 bits per heavy atom. The molecule has 2 aromatic heterocycles. The zero-order valence-electron chi connectivity index (χ0n) is 17.5. The molecule has 0 bridgehead atoms. The highest BCUT2D eigenvalue weighted by Crippen LogP contribution is 2.33. The van der Waals surface area contributed by atoms with E-state index in [1.54, 1.807) is 18.3 Å². The lowest BCUT2D eigenvalue weighted by Gasteiger charge is -2.09. The third-order valence-corrected chi connectivity index (χ3v) is 4.52. The summed E-state index contributed by atoms with van der Waals surface area (Å²) in [6, 6.07) is 9.89. The molecule has 2 heterocycles. The van der Waals surface area contributed by atoms with Crippen LogP contribution >= 0.6 is 0 Å². The van der Waals surface area contributed by atoms with Crippen LogP contribution < -0.4 is 5.32 Å². The molecule has 1 aromatic carbocycles. The van der Waals surface area contributed by atoms with Crippen molar-refractivity contribution in [3.05, 3.63) is 54.1 Å². The number of nitriles is 1. The zero-order chi connectivity index (χ0) is 21.8. The van der Waals surface area contributed by atoms with E-state index in [0.717, 1.165) is 11.1 Å². The van der Waals surface area contributed by atoms with Crippen molar-refractivity contribution in [1.82, 2.24) is 14.8 Å². The molecule has 7 heteroatoms. The quantitative estimate of drug-likeness (QED) is 0.634. The standard InChI is InChI=1S/C23H24FN5O/c1-14(2)12-29-13-19(16-7-8-26-21(10-16)27-23(30)15(3)4)22(28-29)17-5-6-20(24)18(9-17)11-25/h5-10,13-15H,12H2,1-4H3,(H,26,27,30). The minimum atomic E-state index is -0.563. The SMILES string of the molecule is CC(C)Cn1cc(-c2ccnc(NC(=O)C(C)C)c2)c(-c2ccc(F)c(C#N)c2)n1. The molecule has 1 N–H and O–H groups in total. The molecule has 0 spiro atoms. The first kappa shape index (κ1) is 21.2. The van der Waals surface area contributed by atoms with Gasteiger partial charge in [0, 0.05) is 36.0 Å². The Morgan fingerprint density at radius 3 is 2.63 bits per heavy atom. The number of rotatable bonds is 6. The van der Waals surface area contributed by atoms with Crippen LogP contribution in [0.4, 0.5) is 10.2 Å². The van der Waals surface area contributed by atoms with Crippen molar-refractivity contribution >= 4 is 11.7 Å². The first-order chi connectivity index (χ1) is 14.3. The van der Waals surface area contributed by atoms with E-state index in [0.29, 0.717) is 29.5 Å². The van der Waals surface area contributed by atoms with Crippen LogP contribution in [-0.4, -0.2) is 20.7 Å². The van der Waals surface area contributed by atoms with Gasteiger partial charge in [0.05, 0.1) is 5.56 Å². The summed E-state index contributed by atoms with van der Waals surface area (Å²) in [5.41, 5.74) is 2.89. The number of carbonyl (C=O) groups is 1. The predicted octanol–water partition coefficient (Wildman–Crippen LogP) is 4.87. The highest BCUT2D eigenvalue weighted by atomic mass is 19.1. The number of hydrogen-bond donors (Lipinski definition) is 1. The topological polar surface area (TPSA) is 83.6 Å². The number of pyridine rings is 1. The molecule has 6 nitrogen and oxygen atoms in total. The first-order valence-electron chi connectivity index (χ1n) is 9.83. The normalized spacial score (nSPS) is 11.0. The van der Waals surface area contributed by atoms with Crippen molar-refractivity contribution in [3.8, 4) is 28.5 Å². The van der Waals surface area contributed by atoms with Gasteiger partial charge >= 0.3 is 0 Å². The van der Waals surface area contributed by atoms with E-state index in [4.69, 9.17) is 5.10 Å². The van der Waals surface area contributed by atoms with Crippen molar-refractivity contribution in [2.75, 3.05) is 5.32 Å². The van der Waals surface area contributed by atoms with Gasteiger partial charge in [-0.15, -0.1) is 0 Å². The highest BCUT2D eigenvalue weighted by molar-refractivity contribution is 5.92. The molecule has 0 saturated carbocycles. The molecule has 154 valence electrons. The molecule has 0 aliphatic heterocycles. The Balaban J connectivity index is 2.09. The second-order valence-corrected chi connectivity index (χ2v) is 7.89. The summed E-state index contributed by atoms with van der Waals surface area (Å²) in [5, 5.41) is 16.7. The van der Waals surface area contributed by atoms with Crippen LogP contribution in [0.1, 0.15) is 33.3 Å². The lowest BCUT2D eigenvalue weighted by Crippen LogP contribution is -2.18. The van der Waals surface area contributed by atoms with Crippen molar-refractivity contribution in [1.29, 1.82) is 5.26 Å². The van der Waals surface area contributed by atoms with E-state index in [-0.39, 0.29) is 17.4 Å². The van der Waals surface area contributed by atoms with E-state index >= 15 is 0 Å². The Morgan fingerprint density at radius 2 is 1.97 bits per heavy atom. The van der Waals surface area contributed by atoms with Gasteiger partial charge in [-0.3, -0.25) is 9.48 Å². The van der Waals surface area contributed by atoms with Gasteiger partial charge in [-0.25, -0.2) is 9.37 Å². The minimum absolute atomic E-state index is 0.0310. The molecule has 3 rings (SSSR count). The Kier molecular flexibility index (Phi) is 6.26. The van der Waals surface area contributed by atoms with Crippen LogP contribution in [0.5, 0.6) is 0 Å². The summed E-state index contributed by atoms with van der Waals surface area (Å²) in [6.45, 7) is 8.53. The van der Waals surface area contributed by atoms with Gasteiger partial charge in [-0.1, -0.05) is 27.7 Å². The predicted molar refractivity (Wildman–Crippen MR) is 114 cm³/mol. The second kappa shape index (κ2) is 8.87. The summed E-state index contributed by atoms with van der Waals surface area (Å²) in [6.07, 6.45) is 3.55. The Bertz CT molecular complexity index is 1110. The molecule has 0 saturated heterocycles. The summed E-state index contributed by atoms with van der Waals surface area (Å²) >= 11 is 0. The molecule has 3 aromatic rings. The lowest BCUT2D eigenvalue weighted by molar-refractivity contribution is -0.118. The summed E-state index contributed by atoms with van der Waals surface area (Å²) in [4.78, 5) is 16.3. The van der Waals surface area contributed by atoms with Gasteiger partial charge in [0.15, 0.2) is 0 Å². The van der Waals surface area contributed by atoms with Crippen molar-refractivity contribution < 1.29 is 9.18 Å². The summed E-state index contributed by atoms with van der Waals surface area (Å²) in [7, 11) is 0. The van der Waals surface area contributed by atoms with E-state index in [9.17, 15) is 14.4 Å². The van der Waals surface area contributed by atoms with Crippen LogP contribution in [0.2, 0.25) is 0 Å². The van der Waals surface area contributed by atoms with Gasteiger partial charge < -0.3 is 5.32 Å². The number of nitrogens with zero attached hydrogens (tertiary/aromatic N) is 4. The maximum Gasteiger partial charge on any atom is 0.228 e. The van der Waals surface area contributed by atoms with Gasteiger partial charge in [0.1, 0.15) is 23.4 Å². The molecule has 0 unspecified atom stereocenters. The van der Waals surface area contributed by atoms with Crippen molar-refractivity contribution in [2.45, 2.75) is 34.2 Å². The Labute approximate surface area is 175 Å². The molecule has 0 aliphatic carbocycles. The average molecular weight is 405 g/mol. The largest absolute Gasteiger partial charge is 0.310 e. The highest BCUT2D eigenvalue weighted by Gasteiger charge is 2.17. The second-order valence-electron chi connectivity index (χ2n) is 7.89. The number of aromatic nitrogens is 3. The van der Waals surface area contributed by atoms with Crippen LogP contribution in [0.15, 0.2) is 42.7 Å². The van der Waals surface area contributed by atoms with E-state index in [2.05, 4.69) is 24.1 Å². The molecular weight excluding hydrogens is 381 g/mol. The number of halogens is 1. The van der Waals surface area contributed by atoms with Crippen LogP contribution in [0.3, 0.4) is 0 Å². The third kappa shape index (κ3) is 4.71. The van der Waals surface area contributed by atoms with Crippen LogP contribution in [0.25, 0.3) is 22.4 Å². The first-order valence-corrected chi connectivity index (χ1v) is 9.83. The Hall–Kier alpha value is -3.53. The molecule has 1 amide bonds. The number of benzene rings is 1.